The Kier molecular flexibility index (Phi) is 10.0. The predicted octanol–water partition coefficient (Wildman–Crippen LogP) is 8.85. The minimum Gasteiger partial charge on any atom is -0.0903 e. The van der Waals surface area contributed by atoms with E-state index in [-0.39, 0.29) is 0 Å². The van der Waals surface area contributed by atoms with Crippen LogP contribution in [0.25, 0.3) is 0 Å². The summed E-state index contributed by atoms with van der Waals surface area (Å²) in [4.78, 5) is 0. The number of halogens is 12. The molecule has 0 spiro atoms. The molecule has 0 aromatic rings. The summed E-state index contributed by atoms with van der Waals surface area (Å²) in [5.41, 5.74) is 0. The van der Waals surface area contributed by atoms with E-state index in [4.69, 9.17) is 23.2 Å². The fourth-order valence-electron chi connectivity index (χ4n) is 0.689. The Labute approximate surface area is 200 Å². The van der Waals surface area contributed by atoms with E-state index >= 15 is 0 Å². The molecule has 0 fully saturated rings. The SMILES string of the molecule is ClC(Cl)(Br)C(Br)(Br)C(Br)(Br)C(Br)(Br)C(Br)(Br)CBr. The Bertz CT molecular complexity index is 306. The van der Waals surface area contributed by atoms with Crippen molar-refractivity contribution in [2.75, 3.05) is 5.33 Å². The van der Waals surface area contributed by atoms with Gasteiger partial charge in [0.25, 0.3) is 0 Å². The van der Waals surface area contributed by atoms with Crippen LogP contribution in [0.15, 0.2) is 0 Å². The van der Waals surface area contributed by atoms with Gasteiger partial charge < -0.3 is 0 Å². The average molecular weight is 944 g/mol. The standard InChI is InChI=1S/C6H2Br10Cl2/c7-1-2(8,9)3(10,11)4(12,13)5(14,15)6(16,17)18/h1H2. The highest BCUT2D eigenvalue weighted by molar-refractivity contribution is 9.34. The summed E-state index contributed by atoms with van der Waals surface area (Å²) >= 11 is 47.4. The van der Waals surface area contributed by atoms with Crippen molar-refractivity contribution in [3.63, 3.8) is 0 Å². The Balaban J connectivity index is 5.80. The molecule has 0 bridgehead atoms. The van der Waals surface area contributed by atoms with Crippen molar-refractivity contribution in [3.05, 3.63) is 0 Å². The van der Waals surface area contributed by atoms with Crippen LogP contribution in [0, 0.1) is 0 Å². The molecule has 0 atom stereocenters. The largest absolute Gasteiger partial charge is 0.199 e. The van der Waals surface area contributed by atoms with Crippen molar-refractivity contribution in [2.45, 2.75) is 16.2 Å². The maximum absolute atomic E-state index is 6.15. The first-order valence-electron chi connectivity index (χ1n) is 3.70. The molecular formula is C6H2Br10Cl2. The molecule has 0 aromatic heterocycles. The van der Waals surface area contributed by atoms with E-state index in [0.29, 0.717) is 5.33 Å². The minimum atomic E-state index is -1.32. The molecule has 0 aliphatic rings. The van der Waals surface area contributed by atoms with Gasteiger partial charge in [0.15, 0.2) is 6.48 Å². The smallest absolute Gasteiger partial charge is 0.0903 e. The summed E-state index contributed by atoms with van der Waals surface area (Å²) in [5.74, 6) is 0. The zero-order valence-electron chi connectivity index (χ0n) is 7.74. The average Bonchev–Trinajstić information content (AvgIpc) is 2.15. The van der Waals surface area contributed by atoms with Crippen molar-refractivity contribution in [2.24, 2.45) is 0 Å². The Hall–Kier alpha value is 5.38. The van der Waals surface area contributed by atoms with E-state index < -0.39 is 16.2 Å². The van der Waals surface area contributed by atoms with Gasteiger partial charge in [-0.15, -0.1) is 0 Å². The van der Waals surface area contributed by atoms with Gasteiger partial charge in [-0.3, -0.25) is 0 Å². The zero-order valence-corrected chi connectivity index (χ0v) is 25.1. The lowest BCUT2D eigenvalue weighted by molar-refractivity contribution is 0.677. The summed E-state index contributed by atoms with van der Waals surface area (Å²) in [7, 11) is 0. The van der Waals surface area contributed by atoms with E-state index in [1.165, 1.54) is 0 Å². The van der Waals surface area contributed by atoms with Crippen LogP contribution in [0.5, 0.6) is 0 Å². The van der Waals surface area contributed by atoms with Gasteiger partial charge >= 0.3 is 0 Å². The molecule has 0 saturated heterocycles. The highest BCUT2D eigenvalue weighted by Crippen LogP contribution is 2.71. The van der Waals surface area contributed by atoms with Crippen LogP contribution in [0.1, 0.15) is 0 Å². The lowest BCUT2D eigenvalue weighted by atomic mass is 10.2. The first-order chi connectivity index (χ1) is 7.56. The van der Waals surface area contributed by atoms with Crippen LogP contribution >= 0.6 is 183 Å². The van der Waals surface area contributed by atoms with Gasteiger partial charge in [0.1, 0.15) is 9.70 Å². The van der Waals surface area contributed by atoms with Gasteiger partial charge in [-0.25, -0.2) is 0 Å². The third kappa shape index (κ3) is 4.51. The third-order valence-electron chi connectivity index (χ3n) is 1.77. The molecule has 0 unspecified atom stereocenters. The predicted molar refractivity (Wildman–Crippen MR) is 119 cm³/mol. The van der Waals surface area contributed by atoms with Gasteiger partial charge in [0, 0.05) is 5.33 Å². The third-order valence-corrected chi connectivity index (χ3v) is 22.7. The van der Waals surface area contributed by atoms with Crippen molar-refractivity contribution in [3.8, 4) is 0 Å². The molecule has 12 heteroatoms. The van der Waals surface area contributed by atoms with E-state index in [1.807, 2.05) is 0 Å². The monoisotopic (exact) mass is 933 g/mol. The van der Waals surface area contributed by atoms with Gasteiger partial charge in [0.2, 0.25) is 0 Å². The number of hydrogen-bond donors (Lipinski definition) is 0. The molecule has 0 radical (unpaired) electrons. The van der Waals surface area contributed by atoms with Gasteiger partial charge in [0.05, 0.1) is 0 Å². The highest BCUT2D eigenvalue weighted by atomic mass is 79.9. The van der Waals surface area contributed by atoms with Crippen molar-refractivity contribution < 1.29 is 0 Å². The van der Waals surface area contributed by atoms with Crippen LogP contribution in [-0.4, -0.2) is 21.5 Å². The van der Waals surface area contributed by atoms with E-state index in [1.54, 1.807) is 0 Å². The molecule has 0 heterocycles. The highest BCUT2D eigenvalue weighted by Gasteiger charge is 2.69. The van der Waals surface area contributed by atoms with Crippen LogP contribution in [0.2, 0.25) is 0 Å². The lowest BCUT2D eigenvalue weighted by Gasteiger charge is -2.50. The molecule has 0 rings (SSSR count). The topological polar surface area (TPSA) is 0 Å². The Morgan fingerprint density at radius 3 is 1.17 bits per heavy atom. The second-order valence-corrected chi connectivity index (χ2v) is 21.2. The molecular weight excluding hydrogens is 942 g/mol. The van der Waals surface area contributed by atoms with Gasteiger partial charge in [-0.2, -0.15) is 0 Å². The van der Waals surface area contributed by atoms with Gasteiger partial charge in [-0.1, -0.05) is 167 Å². The van der Waals surface area contributed by atoms with E-state index in [2.05, 4.69) is 159 Å². The first kappa shape index (κ1) is 23.4. The maximum Gasteiger partial charge on any atom is 0.199 e. The van der Waals surface area contributed by atoms with Crippen LogP contribution in [0.3, 0.4) is 0 Å². The summed E-state index contributed by atoms with van der Waals surface area (Å²) in [5, 5.41) is 0.575. The quantitative estimate of drug-likeness (QED) is 0.242. The fourth-order valence-corrected chi connectivity index (χ4v) is 8.90. The molecule has 0 saturated carbocycles. The number of rotatable bonds is 5. The van der Waals surface area contributed by atoms with Crippen molar-refractivity contribution >= 4 is 183 Å². The van der Waals surface area contributed by atoms with Crippen LogP contribution in [-0.2, 0) is 0 Å². The first-order valence-corrected chi connectivity index (χ1v) is 12.7. The summed E-state index contributed by atoms with van der Waals surface area (Å²) in [6, 6.07) is 0. The Morgan fingerprint density at radius 2 is 0.944 bits per heavy atom. The summed E-state index contributed by atoms with van der Waals surface area (Å²) in [6.45, 7) is 0. The summed E-state index contributed by atoms with van der Waals surface area (Å²) in [6.07, 6.45) is 0. The summed E-state index contributed by atoms with van der Waals surface area (Å²) < 4.78 is -4.53. The molecule has 0 aliphatic heterocycles. The second-order valence-electron chi connectivity index (χ2n) is 3.06. The minimum absolute atomic E-state index is 0.571. The normalized spacial score (nSPS) is 16.0. The Morgan fingerprint density at radius 1 is 0.611 bits per heavy atom. The second kappa shape index (κ2) is 7.73. The van der Waals surface area contributed by atoms with Crippen LogP contribution in [0.4, 0.5) is 0 Å². The molecule has 0 N–H and O–H groups in total. The van der Waals surface area contributed by atoms with Crippen molar-refractivity contribution in [1.82, 2.24) is 0 Å². The molecule has 0 aromatic carbocycles. The molecule has 0 nitrogen and oxygen atoms in total. The molecule has 0 amide bonds. The zero-order chi connectivity index (χ0) is 15.2. The maximum atomic E-state index is 6.15. The van der Waals surface area contributed by atoms with E-state index in [0.717, 1.165) is 0 Å². The molecule has 18 heavy (non-hydrogen) atoms. The van der Waals surface area contributed by atoms with Crippen molar-refractivity contribution in [1.29, 1.82) is 0 Å². The van der Waals surface area contributed by atoms with Crippen LogP contribution < -0.4 is 0 Å². The number of hydrogen-bond acceptors (Lipinski definition) is 0. The van der Waals surface area contributed by atoms with E-state index in [9.17, 15) is 0 Å². The number of alkyl halides is 12. The lowest BCUT2D eigenvalue weighted by Crippen LogP contribution is -2.60. The van der Waals surface area contributed by atoms with Gasteiger partial charge in [-0.05, 0) is 15.9 Å². The molecule has 0 aliphatic carbocycles. The fraction of sp³-hybridized carbons (Fsp3) is 1.00. The molecule has 110 valence electrons.